The molecule has 2 N–H and O–H groups in total. The number of methoxy groups -OCH3 is 1. The van der Waals surface area contributed by atoms with E-state index in [0.29, 0.717) is 6.42 Å². The van der Waals surface area contributed by atoms with Crippen molar-refractivity contribution < 1.29 is 9.53 Å². The van der Waals surface area contributed by atoms with Crippen LogP contribution in [0, 0.1) is 13.8 Å². The van der Waals surface area contributed by atoms with E-state index in [4.69, 9.17) is 5.73 Å². The summed E-state index contributed by atoms with van der Waals surface area (Å²) in [5.41, 5.74) is 9.64. The van der Waals surface area contributed by atoms with E-state index >= 15 is 0 Å². The second-order valence-corrected chi connectivity index (χ2v) is 4.36. The van der Waals surface area contributed by atoms with Gasteiger partial charge >= 0.3 is 5.97 Å². The smallest absolute Gasteiger partial charge is 0.323 e. The third kappa shape index (κ3) is 2.09. The van der Waals surface area contributed by atoms with Crippen molar-refractivity contribution in [2.45, 2.75) is 26.3 Å². The molecular weight excluding hydrogens is 230 g/mol. The molecule has 0 bridgehead atoms. The number of hydrogen-bond acceptors (Lipinski definition) is 4. The molecule has 2 rings (SSSR count). The van der Waals surface area contributed by atoms with Crippen LogP contribution in [0.4, 0.5) is 0 Å². The molecule has 0 aliphatic carbocycles. The van der Waals surface area contributed by atoms with Crippen molar-refractivity contribution in [3.05, 3.63) is 35.3 Å². The van der Waals surface area contributed by atoms with E-state index in [2.05, 4.69) is 9.72 Å². The number of nitrogens with two attached hydrogens (primary N) is 1. The van der Waals surface area contributed by atoms with Crippen molar-refractivity contribution in [3.8, 4) is 0 Å². The predicted molar refractivity (Wildman–Crippen MR) is 68.4 cm³/mol. The number of carbonyl (C=O) groups excluding carboxylic acids is 1. The molecule has 96 valence electrons. The average molecular weight is 247 g/mol. The standard InChI is InChI=1S/C13H17N3O2/c1-8-5-4-6-16-11(9(2)15-12(8)16)7-10(14)13(17)18-3/h4-6,10H,7,14H2,1-3H3. The fourth-order valence-electron chi connectivity index (χ4n) is 2.06. The molecule has 0 saturated carbocycles. The third-order valence-electron chi connectivity index (χ3n) is 3.06. The number of esters is 1. The van der Waals surface area contributed by atoms with Crippen molar-refractivity contribution in [1.82, 2.24) is 9.38 Å². The van der Waals surface area contributed by atoms with Crippen LogP contribution < -0.4 is 5.73 Å². The summed E-state index contributed by atoms with van der Waals surface area (Å²) in [4.78, 5) is 15.9. The quantitative estimate of drug-likeness (QED) is 0.821. The summed E-state index contributed by atoms with van der Waals surface area (Å²) in [5.74, 6) is -0.406. The number of nitrogens with zero attached hydrogens (tertiary/aromatic N) is 2. The molecule has 0 radical (unpaired) electrons. The molecule has 18 heavy (non-hydrogen) atoms. The molecule has 5 heteroatoms. The van der Waals surface area contributed by atoms with E-state index in [0.717, 1.165) is 22.6 Å². The van der Waals surface area contributed by atoms with Gasteiger partial charge in [-0.3, -0.25) is 4.79 Å². The molecule has 0 fully saturated rings. The van der Waals surface area contributed by atoms with Gasteiger partial charge in [0.05, 0.1) is 12.8 Å². The second-order valence-electron chi connectivity index (χ2n) is 4.36. The Hall–Kier alpha value is -1.88. The zero-order valence-electron chi connectivity index (χ0n) is 10.8. The lowest BCUT2D eigenvalue weighted by atomic mass is 10.1. The Labute approximate surface area is 106 Å². The summed E-state index contributed by atoms with van der Waals surface area (Å²) in [7, 11) is 1.34. The van der Waals surface area contributed by atoms with Crippen LogP contribution in [-0.2, 0) is 16.0 Å². The van der Waals surface area contributed by atoms with Gasteiger partial charge in [-0.05, 0) is 25.5 Å². The van der Waals surface area contributed by atoms with E-state index in [9.17, 15) is 4.79 Å². The molecule has 2 aromatic rings. The molecule has 1 atom stereocenters. The zero-order valence-corrected chi connectivity index (χ0v) is 10.8. The van der Waals surface area contributed by atoms with Crippen LogP contribution in [-0.4, -0.2) is 28.5 Å². The lowest BCUT2D eigenvalue weighted by Crippen LogP contribution is -2.34. The minimum Gasteiger partial charge on any atom is -0.468 e. The van der Waals surface area contributed by atoms with Gasteiger partial charge < -0.3 is 14.9 Å². The van der Waals surface area contributed by atoms with Gasteiger partial charge in [-0.2, -0.15) is 0 Å². The number of carbonyl (C=O) groups is 1. The topological polar surface area (TPSA) is 69.6 Å². The maximum atomic E-state index is 11.4. The van der Waals surface area contributed by atoms with E-state index in [1.807, 2.05) is 36.6 Å². The molecule has 0 aliphatic heterocycles. The largest absolute Gasteiger partial charge is 0.468 e. The molecule has 0 spiro atoms. The van der Waals surface area contributed by atoms with Gasteiger partial charge in [-0.25, -0.2) is 4.98 Å². The summed E-state index contributed by atoms with van der Waals surface area (Å²) in [6.07, 6.45) is 2.35. The number of hydrogen-bond donors (Lipinski definition) is 1. The van der Waals surface area contributed by atoms with Crippen molar-refractivity contribution in [2.24, 2.45) is 5.73 Å². The summed E-state index contributed by atoms with van der Waals surface area (Å²) in [5, 5.41) is 0. The first-order valence-electron chi connectivity index (χ1n) is 5.81. The summed E-state index contributed by atoms with van der Waals surface area (Å²) in [6.45, 7) is 3.93. The van der Waals surface area contributed by atoms with E-state index in [1.165, 1.54) is 7.11 Å². The number of fused-ring (bicyclic) bond motifs is 1. The number of imidazole rings is 1. The van der Waals surface area contributed by atoms with E-state index in [-0.39, 0.29) is 0 Å². The highest BCUT2D eigenvalue weighted by Crippen LogP contribution is 2.16. The minimum absolute atomic E-state index is 0.406. The van der Waals surface area contributed by atoms with Gasteiger partial charge in [-0.1, -0.05) is 6.07 Å². The first-order valence-corrected chi connectivity index (χ1v) is 5.81. The maximum Gasteiger partial charge on any atom is 0.323 e. The summed E-state index contributed by atoms with van der Waals surface area (Å²) < 4.78 is 6.62. The van der Waals surface area contributed by atoms with Crippen LogP contribution in [0.2, 0.25) is 0 Å². The van der Waals surface area contributed by atoms with Crippen LogP contribution in [0.25, 0.3) is 5.65 Å². The van der Waals surface area contributed by atoms with Crippen molar-refractivity contribution in [1.29, 1.82) is 0 Å². The highest BCUT2D eigenvalue weighted by Gasteiger charge is 2.19. The maximum absolute atomic E-state index is 11.4. The number of pyridine rings is 1. The van der Waals surface area contributed by atoms with Gasteiger partial charge in [-0.15, -0.1) is 0 Å². The fourth-order valence-corrected chi connectivity index (χ4v) is 2.06. The molecule has 0 amide bonds. The summed E-state index contributed by atoms with van der Waals surface area (Å²) >= 11 is 0. The highest BCUT2D eigenvalue weighted by molar-refractivity contribution is 5.75. The molecule has 1 unspecified atom stereocenters. The van der Waals surface area contributed by atoms with Gasteiger partial charge in [0.15, 0.2) is 0 Å². The Balaban J connectivity index is 2.42. The van der Waals surface area contributed by atoms with Crippen LogP contribution in [0.3, 0.4) is 0 Å². The Morgan fingerprint density at radius 2 is 2.28 bits per heavy atom. The van der Waals surface area contributed by atoms with Crippen LogP contribution in [0.5, 0.6) is 0 Å². The zero-order chi connectivity index (χ0) is 13.3. The minimum atomic E-state index is -0.658. The second kappa shape index (κ2) is 4.78. The predicted octanol–water partition coefficient (Wildman–Crippen LogP) is 0.994. The molecule has 0 saturated heterocycles. The van der Waals surface area contributed by atoms with Gasteiger partial charge in [0.1, 0.15) is 11.7 Å². The molecule has 2 heterocycles. The number of aromatic nitrogens is 2. The lowest BCUT2D eigenvalue weighted by Gasteiger charge is -2.09. The first kappa shape index (κ1) is 12.6. The van der Waals surface area contributed by atoms with Crippen molar-refractivity contribution in [2.75, 3.05) is 7.11 Å². The lowest BCUT2D eigenvalue weighted by molar-refractivity contribution is -0.142. The summed E-state index contributed by atoms with van der Waals surface area (Å²) in [6, 6.07) is 3.30. The Kier molecular flexibility index (Phi) is 3.34. The Morgan fingerprint density at radius 1 is 1.56 bits per heavy atom. The average Bonchev–Trinajstić information content (AvgIpc) is 2.67. The third-order valence-corrected chi connectivity index (χ3v) is 3.06. The van der Waals surface area contributed by atoms with E-state index < -0.39 is 12.0 Å². The normalized spacial score (nSPS) is 12.7. The number of ether oxygens (including phenoxy) is 1. The Morgan fingerprint density at radius 3 is 2.94 bits per heavy atom. The van der Waals surface area contributed by atoms with Crippen LogP contribution >= 0.6 is 0 Å². The first-order chi connectivity index (χ1) is 8.54. The highest BCUT2D eigenvalue weighted by atomic mass is 16.5. The van der Waals surface area contributed by atoms with Crippen LogP contribution in [0.1, 0.15) is 17.0 Å². The van der Waals surface area contributed by atoms with Gasteiger partial charge in [0.2, 0.25) is 0 Å². The van der Waals surface area contributed by atoms with Gasteiger partial charge in [0.25, 0.3) is 0 Å². The Bertz CT molecular complexity index is 589. The fraction of sp³-hybridized carbons (Fsp3) is 0.385. The molecule has 0 aliphatic rings. The number of rotatable bonds is 3. The van der Waals surface area contributed by atoms with Crippen molar-refractivity contribution in [3.63, 3.8) is 0 Å². The van der Waals surface area contributed by atoms with Crippen LogP contribution in [0.15, 0.2) is 18.3 Å². The number of aryl methyl sites for hydroxylation is 2. The van der Waals surface area contributed by atoms with Gasteiger partial charge in [0, 0.05) is 18.3 Å². The molecule has 0 aromatic carbocycles. The molecular formula is C13H17N3O2. The molecule has 5 nitrogen and oxygen atoms in total. The van der Waals surface area contributed by atoms with E-state index in [1.54, 1.807) is 0 Å². The SMILES string of the molecule is COC(=O)C(N)Cc1c(C)nc2c(C)cccn12. The molecule has 2 aromatic heterocycles. The van der Waals surface area contributed by atoms with Crippen molar-refractivity contribution >= 4 is 11.6 Å². The monoisotopic (exact) mass is 247 g/mol.